The second-order valence-corrected chi connectivity index (χ2v) is 9.61. The van der Waals surface area contributed by atoms with Gasteiger partial charge in [0.15, 0.2) is 0 Å². The van der Waals surface area contributed by atoms with Gasteiger partial charge in [0.05, 0.1) is 11.4 Å². The zero-order chi connectivity index (χ0) is 21.7. The van der Waals surface area contributed by atoms with Crippen molar-refractivity contribution >= 4 is 21.7 Å². The van der Waals surface area contributed by atoms with E-state index in [2.05, 4.69) is 0 Å². The van der Waals surface area contributed by atoms with E-state index in [1.54, 1.807) is 4.90 Å². The van der Waals surface area contributed by atoms with Gasteiger partial charge in [0.1, 0.15) is 0 Å². The third-order valence-corrected chi connectivity index (χ3v) is 7.04. The van der Waals surface area contributed by atoms with Crippen molar-refractivity contribution in [3.8, 4) is 0 Å². The van der Waals surface area contributed by atoms with Crippen LogP contribution in [0.1, 0.15) is 36.0 Å². The van der Waals surface area contributed by atoms with Crippen molar-refractivity contribution in [3.05, 3.63) is 29.8 Å². The Labute approximate surface area is 175 Å². The van der Waals surface area contributed by atoms with Crippen molar-refractivity contribution < 1.29 is 26.8 Å². The Kier molecular flexibility index (Phi) is 7.41. The fraction of sp³-hybridized carbons (Fsp3) is 0.600. The summed E-state index contributed by atoms with van der Waals surface area (Å²) in [6.45, 7) is 4.02. The van der Waals surface area contributed by atoms with Crippen molar-refractivity contribution in [2.75, 3.05) is 45.8 Å². The van der Waals surface area contributed by atoms with Gasteiger partial charge in [-0.15, -0.1) is 0 Å². The molecule has 0 N–H and O–H groups in total. The molecule has 166 valence electrons. The van der Waals surface area contributed by atoms with Gasteiger partial charge in [-0.2, -0.15) is 8.78 Å². The molecule has 0 saturated carbocycles. The number of halogens is 2. The zero-order valence-corrected chi connectivity index (χ0v) is 17.6. The first-order chi connectivity index (χ1) is 14.3. The lowest BCUT2D eigenvalue weighted by atomic mass is 10.2. The molecular weight excluding hydrogens is 416 g/mol. The lowest BCUT2D eigenvalue weighted by Crippen LogP contribution is -2.51. The van der Waals surface area contributed by atoms with Gasteiger partial charge in [0.2, 0.25) is 15.7 Å². The van der Waals surface area contributed by atoms with Crippen LogP contribution in [0, 0.1) is 0 Å². The van der Waals surface area contributed by atoms with Crippen LogP contribution in [-0.2, 0) is 14.6 Å². The molecule has 0 bridgehead atoms. The summed E-state index contributed by atoms with van der Waals surface area (Å²) in [5.41, 5.74) is 0.248. The van der Waals surface area contributed by atoms with Gasteiger partial charge in [-0.1, -0.05) is 12.8 Å². The third kappa shape index (κ3) is 5.34. The van der Waals surface area contributed by atoms with Crippen LogP contribution < -0.4 is 0 Å². The minimum Gasteiger partial charge on any atom is -0.342 e. The summed E-state index contributed by atoms with van der Waals surface area (Å²) >= 11 is 0. The SMILES string of the molecule is O=C(CN1CCN(C(=O)c2ccc(S(=O)(=O)C(F)F)cc2)CC1)N1CCCCCC1. The summed E-state index contributed by atoms with van der Waals surface area (Å²) in [5.74, 6) is -3.65. The molecule has 0 atom stereocenters. The van der Waals surface area contributed by atoms with Crippen molar-refractivity contribution in [1.82, 2.24) is 14.7 Å². The van der Waals surface area contributed by atoms with Gasteiger partial charge in [0.25, 0.3) is 5.91 Å². The highest BCUT2D eigenvalue weighted by Crippen LogP contribution is 2.19. The first-order valence-electron chi connectivity index (χ1n) is 10.2. The average Bonchev–Trinajstić information content (AvgIpc) is 3.03. The van der Waals surface area contributed by atoms with Crippen LogP contribution in [0.3, 0.4) is 0 Å². The molecule has 3 rings (SSSR count). The maximum atomic E-state index is 12.6. The maximum absolute atomic E-state index is 12.6. The Morgan fingerprint density at radius 2 is 1.40 bits per heavy atom. The van der Waals surface area contributed by atoms with Crippen LogP contribution in [0.15, 0.2) is 29.2 Å². The predicted octanol–water partition coefficient (Wildman–Crippen LogP) is 1.84. The largest absolute Gasteiger partial charge is 0.342 e. The van der Waals surface area contributed by atoms with Crippen LogP contribution in [-0.4, -0.2) is 86.5 Å². The number of carbonyl (C=O) groups excluding carboxylic acids is 2. The van der Waals surface area contributed by atoms with E-state index in [1.807, 2.05) is 9.80 Å². The van der Waals surface area contributed by atoms with Gasteiger partial charge < -0.3 is 9.80 Å². The average molecular weight is 444 g/mol. The summed E-state index contributed by atoms with van der Waals surface area (Å²) in [6, 6.07) is 4.58. The quantitative estimate of drug-likeness (QED) is 0.694. The summed E-state index contributed by atoms with van der Waals surface area (Å²) in [5, 5.41) is 0. The summed E-state index contributed by atoms with van der Waals surface area (Å²) in [6.07, 6.45) is 4.43. The summed E-state index contributed by atoms with van der Waals surface area (Å²) in [4.78, 5) is 30.2. The molecule has 10 heteroatoms. The number of rotatable bonds is 5. The Morgan fingerprint density at radius 1 is 0.833 bits per heavy atom. The molecule has 0 unspecified atom stereocenters. The van der Waals surface area contributed by atoms with Gasteiger partial charge in [-0.05, 0) is 37.1 Å². The second kappa shape index (κ2) is 9.82. The number of nitrogens with zero attached hydrogens (tertiary/aromatic N) is 3. The van der Waals surface area contributed by atoms with Crippen LogP contribution >= 0.6 is 0 Å². The van der Waals surface area contributed by atoms with E-state index >= 15 is 0 Å². The number of sulfone groups is 1. The first kappa shape index (κ1) is 22.6. The molecule has 0 spiro atoms. The van der Waals surface area contributed by atoms with Crippen LogP contribution in [0.4, 0.5) is 8.78 Å². The van der Waals surface area contributed by atoms with E-state index in [9.17, 15) is 26.8 Å². The molecule has 2 heterocycles. The van der Waals surface area contributed by atoms with E-state index in [0.29, 0.717) is 32.7 Å². The Hall–Kier alpha value is -2.07. The molecule has 1 aromatic rings. The molecule has 1 aromatic carbocycles. The van der Waals surface area contributed by atoms with Crippen molar-refractivity contribution in [2.45, 2.75) is 36.3 Å². The molecule has 2 fully saturated rings. The normalized spacial score (nSPS) is 19.0. The number of amides is 2. The topological polar surface area (TPSA) is 78.0 Å². The number of hydrogen-bond acceptors (Lipinski definition) is 5. The zero-order valence-electron chi connectivity index (χ0n) is 16.8. The first-order valence-corrected chi connectivity index (χ1v) is 11.7. The number of benzene rings is 1. The van der Waals surface area contributed by atoms with E-state index in [-0.39, 0.29) is 17.4 Å². The molecule has 0 radical (unpaired) electrons. The number of likely N-dealkylation sites (tertiary alicyclic amines) is 1. The van der Waals surface area contributed by atoms with Crippen LogP contribution in [0.25, 0.3) is 0 Å². The van der Waals surface area contributed by atoms with Crippen molar-refractivity contribution in [2.24, 2.45) is 0 Å². The predicted molar refractivity (Wildman–Crippen MR) is 107 cm³/mol. The Bertz CT molecular complexity index is 845. The molecule has 0 aromatic heterocycles. The van der Waals surface area contributed by atoms with Gasteiger partial charge in [0, 0.05) is 44.8 Å². The third-order valence-electron chi connectivity index (χ3n) is 5.64. The molecule has 2 aliphatic heterocycles. The van der Waals surface area contributed by atoms with E-state index < -0.39 is 20.5 Å². The maximum Gasteiger partial charge on any atom is 0.341 e. The Balaban J connectivity index is 1.52. The minimum atomic E-state index is -4.68. The lowest BCUT2D eigenvalue weighted by molar-refractivity contribution is -0.132. The van der Waals surface area contributed by atoms with E-state index in [4.69, 9.17) is 0 Å². The summed E-state index contributed by atoms with van der Waals surface area (Å²) in [7, 11) is -4.68. The fourth-order valence-corrected chi connectivity index (χ4v) is 4.51. The molecule has 2 amide bonds. The molecule has 7 nitrogen and oxygen atoms in total. The Morgan fingerprint density at radius 3 is 1.93 bits per heavy atom. The molecule has 2 saturated heterocycles. The van der Waals surface area contributed by atoms with E-state index in [1.165, 1.54) is 25.0 Å². The van der Waals surface area contributed by atoms with Crippen LogP contribution in [0.5, 0.6) is 0 Å². The number of hydrogen-bond donors (Lipinski definition) is 0. The lowest BCUT2D eigenvalue weighted by Gasteiger charge is -2.35. The molecular formula is C20H27F2N3O4S. The van der Waals surface area contributed by atoms with Crippen LogP contribution in [0.2, 0.25) is 0 Å². The number of carbonyl (C=O) groups is 2. The van der Waals surface area contributed by atoms with E-state index in [0.717, 1.165) is 38.1 Å². The standard InChI is InChI=1S/C20H27F2N3O4S/c21-20(22)30(28,29)17-7-5-16(6-8-17)19(27)25-13-11-23(12-14-25)15-18(26)24-9-3-1-2-4-10-24/h5-8,20H,1-4,9-15H2. The highest BCUT2D eigenvalue weighted by atomic mass is 32.2. The molecule has 30 heavy (non-hydrogen) atoms. The van der Waals surface area contributed by atoms with Crippen molar-refractivity contribution in [3.63, 3.8) is 0 Å². The van der Waals surface area contributed by atoms with Crippen molar-refractivity contribution in [1.29, 1.82) is 0 Å². The fourth-order valence-electron chi connectivity index (χ4n) is 3.79. The monoisotopic (exact) mass is 443 g/mol. The van der Waals surface area contributed by atoms with Gasteiger partial charge in [-0.25, -0.2) is 8.42 Å². The highest BCUT2D eigenvalue weighted by Gasteiger charge is 2.28. The van der Waals surface area contributed by atoms with Gasteiger partial charge in [-0.3, -0.25) is 14.5 Å². The molecule has 2 aliphatic rings. The summed E-state index contributed by atoms with van der Waals surface area (Å²) < 4.78 is 48.2. The van der Waals surface area contributed by atoms with Gasteiger partial charge >= 0.3 is 5.76 Å². The molecule has 0 aliphatic carbocycles. The minimum absolute atomic E-state index is 0.132. The smallest absolute Gasteiger partial charge is 0.341 e. The number of piperazine rings is 1. The second-order valence-electron chi connectivity index (χ2n) is 7.69. The number of alkyl halides is 2. The highest BCUT2D eigenvalue weighted by molar-refractivity contribution is 7.91.